The molecule has 3 nitrogen and oxygen atoms in total. The molecule has 1 aromatic carbocycles. The summed E-state index contributed by atoms with van der Waals surface area (Å²) in [7, 11) is 0. The predicted octanol–water partition coefficient (Wildman–Crippen LogP) is 2.03. The van der Waals surface area contributed by atoms with Crippen molar-refractivity contribution >= 4 is 0 Å². The first-order valence-corrected chi connectivity index (χ1v) is 7.56. The fourth-order valence-electron chi connectivity index (χ4n) is 3.41. The number of nitrogens with zero attached hydrogens (tertiary/aromatic N) is 1. The Morgan fingerprint density at radius 2 is 1.60 bits per heavy atom. The predicted molar refractivity (Wildman–Crippen MR) is 84.3 cm³/mol. The molecule has 20 heavy (non-hydrogen) atoms. The van der Waals surface area contributed by atoms with Crippen LogP contribution in [0.5, 0.6) is 0 Å². The molecule has 2 N–H and O–H groups in total. The quantitative estimate of drug-likeness (QED) is 0.887. The lowest BCUT2D eigenvalue weighted by atomic mass is 9.83. The summed E-state index contributed by atoms with van der Waals surface area (Å²) in [6.45, 7) is 15.2. The van der Waals surface area contributed by atoms with Crippen LogP contribution in [0.25, 0.3) is 0 Å². The lowest BCUT2D eigenvalue weighted by Gasteiger charge is -2.36. The normalized spacial score (nSPS) is 19.9. The zero-order valence-corrected chi connectivity index (χ0v) is 13.5. The number of benzene rings is 1. The van der Waals surface area contributed by atoms with Crippen molar-refractivity contribution in [3.8, 4) is 0 Å². The number of aliphatic hydroxyl groups is 1. The second-order valence-electron chi connectivity index (χ2n) is 6.44. The van der Waals surface area contributed by atoms with Crippen molar-refractivity contribution in [2.24, 2.45) is 0 Å². The molecular formula is C17H28N2O. The largest absolute Gasteiger partial charge is 0.384 e. The molecule has 0 aliphatic carbocycles. The molecule has 2 rings (SSSR count). The Hall–Kier alpha value is -0.900. The van der Waals surface area contributed by atoms with Gasteiger partial charge in [-0.1, -0.05) is 6.07 Å². The van der Waals surface area contributed by atoms with Gasteiger partial charge in [-0.2, -0.15) is 0 Å². The first-order chi connectivity index (χ1) is 9.33. The van der Waals surface area contributed by atoms with E-state index in [0.29, 0.717) is 6.54 Å². The fourth-order valence-corrected chi connectivity index (χ4v) is 3.41. The molecule has 3 heteroatoms. The van der Waals surface area contributed by atoms with E-state index in [0.717, 1.165) is 31.7 Å². The van der Waals surface area contributed by atoms with E-state index in [-0.39, 0.29) is 0 Å². The Kier molecular flexibility index (Phi) is 4.52. The molecule has 1 aliphatic rings. The molecule has 0 aromatic heterocycles. The summed E-state index contributed by atoms with van der Waals surface area (Å²) in [4.78, 5) is 2.35. The van der Waals surface area contributed by atoms with Gasteiger partial charge in [-0.15, -0.1) is 0 Å². The summed E-state index contributed by atoms with van der Waals surface area (Å²) in [6, 6.07) is 2.22. The molecule has 0 amide bonds. The van der Waals surface area contributed by atoms with Gasteiger partial charge in [0.15, 0.2) is 0 Å². The highest BCUT2D eigenvalue weighted by atomic mass is 16.3. The molecule has 1 saturated heterocycles. The second kappa shape index (κ2) is 5.84. The van der Waals surface area contributed by atoms with Crippen LogP contribution in [0.4, 0.5) is 0 Å². The SMILES string of the molecule is Cc1cc(C)c(C)c(C(C)(O)CN2CCNCC2)c1C. The van der Waals surface area contributed by atoms with Crippen LogP contribution in [0, 0.1) is 27.7 Å². The zero-order valence-electron chi connectivity index (χ0n) is 13.5. The van der Waals surface area contributed by atoms with Crippen LogP contribution in [0.2, 0.25) is 0 Å². The molecule has 0 bridgehead atoms. The molecule has 0 spiro atoms. The summed E-state index contributed by atoms with van der Waals surface area (Å²) in [5.74, 6) is 0. The monoisotopic (exact) mass is 276 g/mol. The Labute approximate surface area is 123 Å². The van der Waals surface area contributed by atoms with Gasteiger partial charge in [0.25, 0.3) is 0 Å². The van der Waals surface area contributed by atoms with Crippen LogP contribution in [0.1, 0.15) is 34.7 Å². The Balaban J connectivity index is 2.33. The fraction of sp³-hybridized carbons (Fsp3) is 0.647. The Morgan fingerprint density at radius 3 is 2.10 bits per heavy atom. The van der Waals surface area contributed by atoms with Crippen molar-refractivity contribution in [3.63, 3.8) is 0 Å². The van der Waals surface area contributed by atoms with Gasteiger partial charge in [0.1, 0.15) is 0 Å². The first-order valence-electron chi connectivity index (χ1n) is 7.56. The lowest BCUT2D eigenvalue weighted by Crippen LogP contribution is -2.49. The molecule has 1 aromatic rings. The summed E-state index contributed by atoms with van der Waals surface area (Å²) in [5, 5.41) is 14.4. The minimum Gasteiger partial charge on any atom is -0.384 e. The second-order valence-corrected chi connectivity index (χ2v) is 6.44. The van der Waals surface area contributed by atoms with Crippen molar-refractivity contribution in [1.29, 1.82) is 0 Å². The molecule has 1 atom stereocenters. The van der Waals surface area contributed by atoms with Crippen LogP contribution in [0.3, 0.4) is 0 Å². The minimum atomic E-state index is -0.789. The number of nitrogens with one attached hydrogen (secondary N) is 1. The van der Waals surface area contributed by atoms with E-state index in [1.54, 1.807) is 0 Å². The highest BCUT2D eigenvalue weighted by molar-refractivity contribution is 5.47. The molecule has 0 radical (unpaired) electrons. The number of hydrogen-bond acceptors (Lipinski definition) is 3. The van der Waals surface area contributed by atoms with E-state index in [1.165, 1.54) is 22.3 Å². The van der Waals surface area contributed by atoms with Gasteiger partial charge in [0.2, 0.25) is 0 Å². The van der Waals surface area contributed by atoms with E-state index in [9.17, 15) is 5.11 Å². The average Bonchev–Trinajstić information content (AvgIpc) is 2.37. The van der Waals surface area contributed by atoms with E-state index in [2.05, 4.69) is 44.0 Å². The van der Waals surface area contributed by atoms with E-state index >= 15 is 0 Å². The van der Waals surface area contributed by atoms with Crippen molar-refractivity contribution in [2.75, 3.05) is 32.7 Å². The van der Waals surface area contributed by atoms with E-state index < -0.39 is 5.60 Å². The molecule has 1 aliphatic heterocycles. The van der Waals surface area contributed by atoms with Gasteiger partial charge < -0.3 is 10.4 Å². The van der Waals surface area contributed by atoms with Gasteiger partial charge in [-0.3, -0.25) is 4.90 Å². The third kappa shape index (κ3) is 3.05. The van der Waals surface area contributed by atoms with Crippen LogP contribution in [0.15, 0.2) is 6.07 Å². The number of β-amino-alcohol motifs (C(OH)–C–C–N with tert-alkyl or cyclic N) is 1. The molecule has 1 heterocycles. The van der Waals surface area contributed by atoms with Gasteiger partial charge in [-0.05, 0) is 62.4 Å². The average molecular weight is 276 g/mol. The van der Waals surface area contributed by atoms with E-state index in [4.69, 9.17) is 0 Å². The Morgan fingerprint density at radius 1 is 1.10 bits per heavy atom. The van der Waals surface area contributed by atoms with Crippen molar-refractivity contribution < 1.29 is 5.11 Å². The van der Waals surface area contributed by atoms with Crippen LogP contribution in [-0.4, -0.2) is 42.7 Å². The third-order valence-corrected chi connectivity index (χ3v) is 4.65. The zero-order chi connectivity index (χ0) is 14.9. The highest BCUT2D eigenvalue weighted by Gasteiger charge is 2.30. The van der Waals surface area contributed by atoms with Crippen LogP contribution >= 0.6 is 0 Å². The summed E-state index contributed by atoms with van der Waals surface area (Å²) in [5.41, 5.74) is 5.32. The van der Waals surface area contributed by atoms with Gasteiger partial charge in [0.05, 0.1) is 5.60 Å². The van der Waals surface area contributed by atoms with Gasteiger partial charge >= 0.3 is 0 Å². The highest BCUT2D eigenvalue weighted by Crippen LogP contribution is 2.32. The smallest absolute Gasteiger partial charge is 0.1000 e. The van der Waals surface area contributed by atoms with Crippen molar-refractivity contribution in [3.05, 3.63) is 33.9 Å². The van der Waals surface area contributed by atoms with Crippen LogP contribution in [-0.2, 0) is 5.60 Å². The standard InChI is InChI=1S/C17H28N2O/c1-12-10-13(2)15(4)16(14(12)3)17(5,20)11-19-8-6-18-7-9-19/h10,18,20H,6-9,11H2,1-5H3. The van der Waals surface area contributed by atoms with E-state index in [1.807, 2.05) is 6.92 Å². The first kappa shape index (κ1) is 15.5. The number of piperazine rings is 1. The minimum absolute atomic E-state index is 0.708. The maximum absolute atomic E-state index is 11.1. The summed E-state index contributed by atoms with van der Waals surface area (Å²) >= 11 is 0. The maximum Gasteiger partial charge on any atom is 0.1000 e. The lowest BCUT2D eigenvalue weighted by molar-refractivity contribution is 0.0115. The van der Waals surface area contributed by atoms with Gasteiger partial charge in [0, 0.05) is 32.7 Å². The molecule has 0 saturated carbocycles. The number of aryl methyl sites for hydroxylation is 2. The number of rotatable bonds is 3. The third-order valence-electron chi connectivity index (χ3n) is 4.65. The molecule has 1 fully saturated rings. The number of hydrogen-bond donors (Lipinski definition) is 2. The van der Waals surface area contributed by atoms with Crippen LogP contribution < -0.4 is 5.32 Å². The van der Waals surface area contributed by atoms with Crippen molar-refractivity contribution in [1.82, 2.24) is 10.2 Å². The van der Waals surface area contributed by atoms with Gasteiger partial charge in [-0.25, -0.2) is 0 Å². The topological polar surface area (TPSA) is 35.5 Å². The molecule has 112 valence electrons. The van der Waals surface area contributed by atoms with Crippen molar-refractivity contribution in [2.45, 2.75) is 40.2 Å². The summed E-state index contributed by atoms with van der Waals surface area (Å²) < 4.78 is 0. The summed E-state index contributed by atoms with van der Waals surface area (Å²) in [6.07, 6.45) is 0. The molecular weight excluding hydrogens is 248 g/mol. The maximum atomic E-state index is 11.1. The Bertz CT molecular complexity index is 462. The molecule has 1 unspecified atom stereocenters.